The molecule has 2 aliphatic heterocycles. The van der Waals surface area contributed by atoms with Crippen LogP contribution in [0.25, 0.3) is 5.69 Å². The third kappa shape index (κ3) is 4.00. The Morgan fingerprint density at radius 1 is 1.25 bits per heavy atom. The summed E-state index contributed by atoms with van der Waals surface area (Å²) in [6.45, 7) is 7.82. The minimum Gasteiger partial charge on any atom is -0.341 e. The molecule has 9 heteroatoms. The fourth-order valence-electron chi connectivity index (χ4n) is 4.02. The van der Waals surface area contributed by atoms with Crippen molar-refractivity contribution in [3.63, 3.8) is 0 Å². The molecule has 3 heterocycles. The predicted octanol–water partition coefficient (Wildman–Crippen LogP) is 0.359. The van der Waals surface area contributed by atoms with Gasteiger partial charge < -0.3 is 15.5 Å². The van der Waals surface area contributed by atoms with Crippen LogP contribution < -0.4 is 10.6 Å². The highest BCUT2D eigenvalue weighted by Gasteiger charge is 2.33. The zero-order valence-corrected chi connectivity index (χ0v) is 16.3. The summed E-state index contributed by atoms with van der Waals surface area (Å²) in [5.74, 6) is 0.618. The van der Waals surface area contributed by atoms with Crippen LogP contribution in [0.15, 0.2) is 30.3 Å². The summed E-state index contributed by atoms with van der Waals surface area (Å²) < 4.78 is 1.63. The van der Waals surface area contributed by atoms with E-state index in [9.17, 15) is 4.79 Å². The lowest BCUT2D eigenvalue weighted by Crippen LogP contribution is -2.50. The topological polar surface area (TPSA) is 91.2 Å². The molecule has 0 spiro atoms. The van der Waals surface area contributed by atoms with Crippen molar-refractivity contribution in [2.24, 2.45) is 0 Å². The zero-order chi connectivity index (χ0) is 19.3. The van der Waals surface area contributed by atoms with Gasteiger partial charge in [0.1, 0.15) is 6.04 Å². The van der Waals surface area contributed by atoms with Gasteiger partial charge in [0, 0.05) is 45.3 Å². The fourth-order valence-corrected chi connectivity index (χ4v) is 4.02. The fraction of sp³-hybridized carbons (Fsp3) is 0.579. The molecule has 2 fully saturated rings. The Hall–Kier alpha value is -2.52. The monoisotopic (exact) mass is 384 g/mol. The molecule has 4 rings (SSSR count). The van der Waals surface area contributed by atoms with Gasteiger partial charge in [-0.1, -0.05) is 30.2 Å². The van der Waals surface area contributed by atoms with E-state index in [2.05, 4.69) is 31.1 Å². The number of para-hydroxylation sites is 1. The van der Waals surface area contributed by atoms with Crippen LogP contribution in [0.1, 0.15) is 19.8 Å². The smallest absolute Gasteiger partial charge is 0.248 e. The lowest BCUT2D eigenvalue weighted by molar-refractivity contribution is -0.131. The van der Waals surface area contributed by atoms with Crippen molar-refractivity contribution >= 4 is 11.9 Å². The quantitative estimate of drug-likeness (QED) is 0.743. The molecule has 0 bridgehead atoms. The predicted molar refractivity (Wildman–Crippen MR) is 106 cm³/mol. The number of carbonyl (C=O) groups is 1. The van der Waals surface area contributed by atoms with Crippen molar-refractivity contribution in [2.75, 3.05) is 44.6 Å². The van der Waals surface area contributed by atoms with E-state index in [0.717, 1.165) is 51.4 Å². The van der Waals surface area contributed by atoms with Gasteiger partial charge >= 0.3 is 0 Å². The molecule has 2 unspecified atom stereocenters. The van der Waals surface area contributed by atoms with Crippen LogP contribution >= 0.6 is 0 Å². The summed E-state index contributed by atoms with van der Waals surface area (Å²) in [6.07, 6.45) is 1.72. The van der Waals surface area contributed by atoms with Crippen LogP contribution in [0.2, 0.25) is 0 Å². The lowest BCUT2D eigenvalue weighted by atomic mass is 10.2. The van der Waals surface area contributed by atoms with E-state index >= 15 is 0 Å². The molecule has 9 nitrogen and oxygen atoms in total. The van der Waals surface area contributed by atoms with Crippen molar-refractivity contribution < 1.29 is 4.79 Å². The number of nitrogens with zero attached hydrogens (tertiary/aromatic N) is 6. The van der Waals surface area contributed by atoms with Gasteiger partial charge in [0.2, 0.25) is 11.9 Å². The van der Waals surface area contributed by atoms with E-state index < -0.39 is 0 Å². The first-order valence-corrected chi connectivity index (χ1v) is 10.1. The molecule has 2 saturated heterocycles. The number of hydrogen-bond donors (Lipinski definition) is 2. The van der Waals surface area contributed by atoms with Gasteiger partial charge in [-0.25, -0.2) is 0 Å². The molecule has 1 aromatic heterocycles. The van der Waals surface area contributed by atoms with E-state index in [4.69, 9.17) is 0 Å². The number of piperazine rings is 1. The molecule has 1 aromatic carbocycles. The minimum absolute atomic E-state index is 0.128. The van der Waals surface area contributed by atoms with Crippen molar-refractivity contribution in [3.05, 3.63) is 30.3 Å². The third-order valence-corrected chi connectivity index (χ3v) is 5.62. The first-order valence-electron chi connectivity index (χ1n) is 10.1. The maximum atomic E-state index is 13.1. The Kier molecular flexibility index (Phi) is 5.82. The number of rotatable bonds is 6. The van der Waals surface area contributed by atoms with Gasteiger partial charge in [-0.3, -0.25) is 9.69 Å². The van der Waals surface area contributed by atoms with Crippen LogP contribution in [-0.4, -0.2) is 87.3 Å². The Morgan fingerprint density at radius 2 is 2.04 bits per heavy atom. The molecular weight excluding hydrogens is 356 g/mol. The number of hydrogen-bond acceptors (Lipinski definition) is 7. The largest absolute Gasteiger partial charge is 0.341 e. The number of amides is 1. The Labute approximate surface area is 165 Å². The average molecular weight is 384 g/mol. The zero-order valence-electron chi connectivity index (χ0n) is 16.3. The summed E-state index contributed by atoms with van der Waals surface area (Å²) in [5, 5.41) is 18.6. The van der Waals surface area contributed by atoms with Crippen molar-refractivity contribution in [3.8, 4) is 5.69 Å². The normalized spacial score (nSPS) is 21.6. The summed E-state index contributed by atoms with van der Waals surface area (Å²) in [6, 6.07) is 9.81. The SMILES string of the molecule is CCC(Nc1nnnn1-c1ccccc1)C(=O)N1CCC(N2CCNCC2)C1. The standard InChI is InChI=1S/C19H28N8O/c1-2-17(21-19-22-23-24-27(19)15-6-4-3-5-7-15)18(28)26-11-8-16(14-26)25-12-9-20-10-13-25/h3-7,16-17,20H,2,8-14H2,1H3,(H,21,22,24). The molecule has 28 heavy (non-hydrogen) atoms. The lowest BCUT2D eigenvalue weighted by Gasteiger charge is -2.32. The molecular formula is C19H28N8O. The number of aromatic nitrogens is 4. The first kappa shape index (κ1) is 18.8. The number of anilines is 1. The molecule has 1 amide bonds. The highest BCUT2D eigenvalue weighted by Crippen LogP contribution is 2.19. The maximum Gasteiger partial charge on any atom is 0.248 e. The van der Waals surface area contributed by atoms with Gasteiger partial charge in [0.15, 0.2) is 0 Å². The second kappa shape index (κ2) is 8.66. The number of carbonyl (C=O) groups excluding carboxylic acids is 1. The second-order valence-corrected chi connectivity index (χ2v) is 7.37. The van der Waals surface area contributed by atoms with E-state index in [1.165, 1.54) is 0 Å². The van der Waals surface area contributed by atoms with E-state index in [1.807, 2.05) is 42.2 Å². The number of nitrogens with one attached hydrogen (secondary N) is 2. The maximum absolute atomic E-state index is 13.1. The van der Waals surface area contributed by atoms with Crippen LogP contribution in [-0.2, 0) is 4.79 Å². The summed E-state index contributed by atoms with van der Waals surface area (Å²) >= 11 is 0. The molecule has 0 aliphatic carbocycles. The molecule has 0 radical (unpaired) electrons. The van der Waals surface area contributed by atoms with Crippen molar-refractivity contribution in [2.45, 2.75) is 31.8 Å². The van der Waals surface area contributed by atoms with E-state index in [1.54, 1.807) is 4.68 Å². The van der Waals surface area contributed by atoms with Gasteiger partial charge in [-0.15, -0.1) is 0 Å². The van der Waals surface area contributed by atoms with Crippen LogP contribution in [0.5, 0.6) is 0 Å². The minimum atomic E-state index is -0.338. The molecule has 2 atom stereocenters. The van der Waals surface area contributed by atoms with Gasteiger partial charge in [-0.05, 0) is 35.4 Å². The third-order valence-electron chi connectivity index (χ3n) is 5.62. The molecule has 2 aliphatic rings. The number of benzene rings is 1. The van der Waals surface area contributed by atoms with E-state index in [-0.39, 0.29) is 11.9 Å². The highest BCUT2D eigenvalue weighted by molar-refractivity contribution is 5.84. The van der Waals surface area contributed by atoms with Gasteiger partial charge in [0.25, 0.3) is 0 Å². The molecule has 0 saturated carbocycles. The first-order chi connectivity index (χ1) is 13.8. The highest BCUT2D eigenvalue weighted by atomic mass is 16.2. The Morgan fingerprint density at radius 3 is 2.79 bits per heavy atom. The summed E-state index contributed by atoms with van der Waals surface area (Å²) in [4.78, 5) is 17.6. The van der Waals surface area contributed by atoms with Crippen LogP contribution in [0, 0.1) is 0 Å². The molecule has 2 N–H and O–H groups in total. The van der Waals surface area contributed by atoms with Crippen LogP contribution in [0.4, 0.5) is 5.95 Å². The summed E-state index contributed by atoms with van der Waals surface area (Å²) in [7, 11) is 0. The summed E-state index contributed by atoms with van der Waals surface area (Å²) in [5.41, 5.74) is 0.859. The van der Waals surface area contributed by atoms with E-state index in [0.29, 0.717) is 18.4 Å². The average Bonchev–Trinajstić information content (AvgIpc) is 3.42. The Bertz CT molecular complexity index is 773. The number of tetrazole rings is 1. The Balaban J connectivity index is 1.41. The van der Waals surface area contributed by atoms with Crippen molar-refractivity contribution in [1.29, 1.82) is 0 Å². The second-order valence-electron chi connectivity index (χ2n) is 7.37. The van der Waals surface area contributed by atoms with Gasteiger partial charge in [-0.2, -0.15) is 4.68 Å². The molecule has 150 valence electrons. The molecule has 2 aromatic rings. The number of likely N-dealkylation sites (tertiary alicyclic amines) is 1. The van der Waals surface area contributed by atoms with Crippen molar-refractivity contribution in [1.82, 2.24) is 35.3 Å². The van der Waals surface area contributed by atoms with Gasteiger partial charge in [0.05, 0.1) is 5.69 Å². The van der Waals surface area contributed by atoms with Crippen LogP contribution in [0.3, 0.4) is 0 Å².